The SMILES string of the molecule is CCNC(=NCCC(OCC)C(C)C)NC(C)C.I. The highest BCUT2D eigenvalue weighted by atomic mass is 127. The van der Waals surface area contributed by atoms with Gasteiger partial charge in [0.25, 0.3) is 0 Å². The molecule has 0 aromatic carbocycles. The van der Waals surface area contributed by atoms with E-state index in [0.717, 1.165) is 32.1 Å². The molecular formula is C14H32IN3O. The molecule has 0 aromatic heterocycles. The van der Waals surface area contributed by atoms with Crippen molar-refractivity contribution in [3.8, 4) is 0 Å². The van der Waals surface area contributed by atoms with Crippen LogP contribution in [0.3, 0.4) is 0 Å². The van der Waals surface area contributed by atoms with Crippen LogP contribution in [0.2, 0.25) is 0 Å². The highest BCUT2D eigenvalue weighted by Gasteiger charge is 2.12. The first kappa shape index (κ1) is 21.3. The third-order valence-corrected chi connectivity index (χ3v) is 2.58. The quantitative estimate of drug-likeness (QED) is 0.384. The number of nitrogens with zero attached hydrogens (tertiary/aromatic N) is 1. The van der Waals surface area contributed by atoms with Gasteiger partial charge in [-0.1, -0.05) is 13.8 Å². The molecule has 0 radical (unpaired) electrons. The Labute approximate surface area is 136 Å². The van der Waals surface area contributed by atoms with E-state index in [-0.39, 0.29) is 24.0 Å². The molecule has 0 spiro atoms. The molecule has 0 saturated carbocycles. The first-order valence-corrected chi connectivity index (χ1v) is 7.17. The molecule has 0 rings (SSSR count). The van der Waals surface area contributed by atoms with E-state index in [1.54, 1.807) is 0 Å². The van der Waals surface area contributed by atoms with E-state index >= 15 is 0 Å². The van der Waals surface area contributed by atoms with E-state index in [2.05, 4.69) is 50.2 Å². The molecule has 19 heavy (non-hydrogen) atoms. The second-order valence-corrected chi connectivity index (χ2v) is 5.09. The van der Waals surface area contributed by atoms with Gasteiger partial charge in [0, 0.05) is 25.7 Å². The molecule has 5 heteroatoms. The van der Waals surface area contributed by atoms with Crippen molar-refractivity contribution in [1.29, 1.82) is 0 Å². The second kappa shape index (κ2) is 13.0. The molecule has 4 nitrogen and oxygen atoms in total. The summed E-state index contributed by atoms with van der Waals surface area (Å²) in [7, 11) is 0. The Morgan fingerprint density at radius 2 is 1.79 bits per heavy atom. The van der Waals surface area contributed by atoms with Crippen LogP contribution in [0.25, 0.3) is 0 Å². The summed E-state index contributed by atoms with van der Waals surface area (Å²) in [5.41, 5.74) is 0. The zero-order valence-corrected chi connectivity index (χ0v) is 15.7. The molecule has 2 N–H and O–H groups in total. The molecule has 0 aromatic rings. The summed E-state index contributed by atoms with van der Waals surface area (Å²) < 4.78 is 5.72. The Bertz CT molecular complexity index is 233. The Morgan fingerprint density at radius 1 is 1.16 bits per heavy atom. The minimum atomic E-state index is 0. The minimum absolute atomic E-state index is 0. The maximum atomic E-state index is 5.72. The smallest absolute Gasteiger partial charge is 0.191 e. The van der Waals surface area contributed by atoms with Crippen LogP contribution in [0, 0.1) is 5.92 Å². The molecule has 0 saturated heterocycles. The number of aliphatic imine (C=N–C) groups is 1. The van der Waals surface area contributed by atoms with Crippen LogP contribution >= 0.6 is 24.0 Å². The van der Waals surface area contributed by atoms with E-state index in [1.807, 2.05) is 6.92 Å². The zero-order chi connectivity index (χ0) is 14.0. The average Bonchev–Trinajstić information content (AvgIpc) is 2.27. The third kappa shape index (κ3) is 11.5. The Balaban J connectivity index is 0. The van der Waals surface area contributed by atoms with Crippen molar-refractivity contribution in [2.24, 2.45) is 10.9 Å². The molecule has 0 aliphatic heterocycles. The van der Waals surface area contributed by atoms with Gasteiger partial charge >= 0.3 is 0 Å². The van der Waals surface area contributed by atoms with E-state index in [4.69, 9.17) is 4.74 Å². The maximum absolute atomic E-state index is 5.72. The first-order valence-electron chi connectivity index (χ1n) is 7.17. The normalized spacial score (nSPS) is 13.4. The minimum Gasteiger partial charge on any atom is -0.378 e. The predicted octanol–water partition coefficient (Wildman–Crippen LogP) is 3.02. The number of halogens is 1. The average molecular weight is 385 g/mol. The molecular weight excluding hydrogens is 353 g/mol. The monoisotopic (exact) mass is 385 g/mol. The summed E-state index contributed by atoms with van der Waals surface area (Å²) in [6, 6.07) is 0.399. The Morgan fingerprint density at radius 3 is 2.21 bits per heavy atom. The summed E-state index contributed by atoms with van der Waals surface area (Å²) in [5.74, 6) is 1.44. The van der Waals surface area contributed by atoms with Crippen molar-refractivity contribution in [3.63, 3.8) is 0 Å². The van der Waals surface area contributed by atoms with Crippen LogP contribution in [0.1, 0.15) is 48.0 Å². The molecule has 0 aliphatic carbocycles. The number of ether oxygens (including phenoxy) is 1. The van der Waals surface area contributed by atoms with Crippen LogP contribution in [0.5, 0.6) is 0 Å². The van der Waals surface area contributed by atoms with Gasteiger partial charge < -0.3 is 15.4 Å². The van der Waals surface area contributed by atoms with Gasteiger partial charge in [0.2, 0.25) is 0 Å². The lowest BCUT2D eigenvalue weighted by Gasteiger charge is -2.20. The number of guanidine groups is 1. The standard InChI is InChI=1S/C14H31N3O.HI/c1-7-15-14(17-12(5)6)16-10-9-13(11(3)4)18-8-2;/h11-13H,7-10H2,1-6H3,(H2,15,16,17);1H. The maximum Gasteiger partial charge on any atom is 0.191 e. The number of hydrogen-bond donors (Lipinski definition) is 2. The first-order chi connectivity index (χ1) is 8.51. The summed E-state index contributed by atoms with van der Waals surface area (Å²) in [6.07, 6.45) is 1.28. The van der Waals surface area contributed by atoms with Crippen LogP contribution in [0.4, 0.5) is 0 Å². The molecule has 1 atom stereocenters. The van der Waals surface area contributed by atoms with Crippen molar-refractivity contribution in [2.45, 2.75) is 60.1 Å². The van der Waals surface area contributed by atoms with E-state index in [0.29, 0.717) is 18.1 Å². The fraction of sp³-hybridized carbons (Fsp3) is 0.929. The van der Waals surface area contributed by atoms with Crippen LogP contribution in [-0.4, -0.2) is 37.8 Å². The van der Waals surface area contributed by atoms with Crippen molar-refractivity contribution < 1.29 is 4.74 Å². The highest BCUT2D eigenvalue weighted by molar-refractivity contribution is 14.0. The molecule has 0 bridgehead atoms. The molecule has 1 unspecified atom stereocenters. The summed E-state index contributed by atoms with van der Waals surface area (Å²) in [6.45, 7) is 15.2. The van der Waals surface area contributed by atoms with E-state index < -0.39 is 0 Å². The van der Waals surface area contributed by atoms with Crippen molar-refractivity contribution in [1.82, 2.24) is 10.6 Å². The number of rotatable bonds is 8. The van der Waals surface area contributed by atoms with Crippen molar-refractivity contribution in [2.75, 3.05) is 19.7 Å². The Hall–Kier alpha value is -0.0400. The predicted molar refractivity (Wildman–Crippen MR) is 94.5 cm³/mol. The summed E-state index contributed by atoms with van der Waals surface area (Å²) in [4.78, 5) is 4.57. The largest absolute Gasteiger partial charge is 0.378 e. The van der Waals surface area contributed by atoms with Crippen LogP contribution in [-0.2, 0) is 4.74 Å². The Kier molecular flexibility index (Phi) is 14.5. The third-order valence-electron chi connectivity index (χ3n) is 2.58. The lowest BCUT2D eigenvalue weighted by atomic mass is 10.0. The van der Waals surface area contributed by atoms with Gasteiger partial charge in [0.15, 0.2) is 5.96 Å². The van der Waals surface area contributed by atoms with Crippen molar-refractivity contribution in [3.05, 3.63) is 0 Å². The number of nitrogens with one attached hydrogen (secondary N) is 2. The fourth-order valence-electron chi connectivity index (χ4n) is 1.72. The van der Waals surface area contributed by atoms with Crippen LogP contribution < -0.4 is 10.6 Å². The lowest BCUT2D eigenvalue weighted by molar-refractivity contribution is 0.0266. The van der Waals surface area contributed by atoms with E-state index in [9.17, 15) is 0 Å². The molecule has 0 amide bonds. The van der Waals surface area contributed by atoms with Crippen molar-refractivity contribution >= 4 is 29.9 Å². The van der Waals surface area contributed by atoms with Crippen LogP contribution in [0.15, 0.2) is 4.99 Å². The number of hydrogen-bond acceptors (Lipinski definition) is 2. The van der Waals surface area contributed by atoms with E-state index in [1.165, 1.54) is 0 Å². The van der Waals surface area contributed by atoms with Gasteiger partial charge in [-0.05, 0) is 40.0 Å². The summed E-state index contributed by atoms with van der Waals surface area (Å²) >= 11 is 0. The second-order valence-electron chi connectivity index (χ2n) is 5.09. The van der Waals surface area contributed by atoms with Gasteiger partial charge in [-0.15, -0.1) is 24.0 Å². The fourth-order valence-corrected chi connectivity index (χ4v) is 1.72. The molecule has 0 heterocycles. The molecule has 116 valence electrons. The van der Waals surface area contributed by atoms with Gasteiger partial charge in [-0.2, -0.15) is 0 Å². The van der Waals surface area contributed by atoms with Gasteiger partial charge in [0.1, 0.15) is 0 Å². The molecule has 0 fully saturated rings. The lowest BCUT2D eigenvalue weighted by Crippen LogP contribution is -2.41. The topological polar surface area (TPSA) is 45.7 Å². The van der Waals surface area contributed by atoms with Gasteiger partial charge in [0.05, 0.1) is 6.10 Å². The van der Waals surface area contributed by atoms with Gasteiger partial charge in [-0.3, -0.25) is 4.99 Å². The molecule has 0 aliphatic rings. The zero-order valence-electron chi connectivity index (χ0n) is 13.3. The summed E-state index contributed by atoms with van der Waals surface area (Å²) in [5, 5.41) is 6.56. The van der Waals surface area contributed by atoms with Gasteiger partial charge in [-0.25, -0.2) is 0 Å². The highest BCUT2D eigenvalue weighted by Crippen LogP contribution is 2.10.